The first kappa shape index (κ1) is 10.9. The van der Waals surface area contributed by atoms with E-state index in [9.17, 15) is 4.79 Å². The maximum Gasteiger partial charge on any atom is 0.226 e. The van der Waals surface area contributed by atoms with Crippen LogP contribution in [0.3, 0.4) is 0 Å². The van der Waals surface area contributed by atoms with E-state index in [1.807, 2.05) is 4.90 Å². The summed E-state index contributed by atoms with van der Waals surface area (Å²) in [6.07, 6.45) is 5.77. The topological polar surface area (TPSA) is 46.3 Å². The highest BCUT2D eigenvalue weighted by atomic mass is 16.2. The molecule has 0 aromatic carbocycles. The van der Waals surface area contributed by atoms with Gasteiger partial charge >= 0.3 is 0 Å². The van der Waals surface area contributed by atoms with Crippen molar-refractivity contribution in [1.82, 2.24) is 4.90 Å². The Morgan fingerprint density at radius 1 is 1.33 bits per heavy atom. The van der Waals surface area contributed by atoms with Crippen molar-refractivity contribution >= 4 is 5.91 Å². The lowest BCUT2D eigenvalue weighted by atomic mass is 9.96. The summed E-state index contributed by atoms with van der Waals surface area (Å²) < 4.78 is 0. The third kappa shape index (κ3) is 2.03. The Morgan fingerprint density at radius 3 is 2.73 bits per heavy atom. The summed E-state index contributed by atoms with van der Waals surface area (Å²) in [5, 5.41) is 0. The molecule has 1 aliphatic carbocycles. The number of rotatable bonds is 2. The monoisotopic (exact) mass is 210 g/mol. The highest BCUT2D eigenvalue weighted by molar-refractivity contribution is 5.80. The predicted octanol–water partition coefficient (Wildman–Crippen LogP) is 1.37. The minimum absolute atomic E-state index is 0.289. The molecule has 1 aliphatic heterocycles. The fraction of sp³-hybridized carbons (Fsp3) is 0.917. The van der Waals surface area contributed by atoms with E-state index in [0.29, 0.717) is 24.4 Å². The van der Waals surface area contributed by atoms with E-state index < -0.39 is 0 Å². The molecule has 2 N–H and O–H groups in total. The van der Waals surface area contributed by atoms with Crippen LogP contribution in [0.25, 0.3) is 0 Å². The fourth-order valence-corrected chi connectivity index (χ4v) is 3.10. The Balaban J connectivity index is 2.00. The molecule has 3 atom stereocenters. The van der Waals surface area contributed by atoms with Gasteiger partial charge in [-0.05, 0) is 31.6 Å². The number of likely N-dealkylation sites (tertiary alicyclic amines) is 1. The maximum absolute atomic E-state index is 12.3. The van der Waals surface area contributed by atoms with E-state index in [4.69, 9.17) is 5.73 Å². The van der Waals surface area contributed by atoms with Gasteiger partial charge in [0.25, 0.3) is 0 Å². The highest BCUT2D eigenvalue weighted by Gasteiger charge is 2.36. The molecular formula is C12H22N2O. The van der Waals surface area contributed by atoms with Gasteiger partial charge in [0.2, 0.25) is 5.91 Å². The molecule has 0 bridgehead atoms. The molecule has 2 aliphatic rings. The number of nitrogens with two attached hydrogens (primary N) is 1. The van der Waals surface area contributed by atoms with Crippen LogP contribution in [0.2, 0.25) is 0 Å². The van der Waals surface area contributed by atoms with Crippen molar-refractivity contribution < 1.29 is 4.79 Å². The zero-order valence-electron chi connectivity index (χ0n) is 9.61. The number of carbonyl (C=O) groups excluding carboxylic acids is 1. The average molecular weight is 210 g/mol. The second-order valence-electron chi connectivity index (χ2n) is 5.08. The van der Waals surface area contributed by atoms with Gasteiger partial charge in [0.1, 0.15) is 0 Å². The van der Waals surface area contributed by atoms with Crippen molar-refractivity contribution in [2.75, 3.05) is 13.1 Å². The molecule has 3 unspecified atom stereocenters. The quantitative estimate of drug-likeness (QED) is 0.748. The Morgan fingerprint density at radius 2 is 2.13 bits per heavy atom. The van der Waals surface area contributed by atoms with Crippen molar-refractivity contribution in [2.45, 2.75) is 45.1 Å². The highest BCUT2D eigenvalue weighted by Crippen LogP contribution is 2.34. The van der Waals surface area contributed by atoms with E-state index in [0.717, 1.165) is 25.8 Å². The van der Waals surface area contributed by atoms with Crippen molar-refractivity contribution in [3.63, 3.8) is 0 Å². The predicted molar refractivity (Wildman–Crippen MR) is 60.3 cm³/mol. The first-order chi connectivity index (χ1) is 7.24. The molecule has 0 aromatic rings. The first-order valence-electron chi connectivity index (χ1n) is 6.24. The number of hydrogen-bond donors (Lipinski definition) is 1. The number of amides is 1. The van der Waals surface area contributed by atoms with E-state index in [1.165, 1.54) is 12.8 Å². The summed E-state index contributed by atoms with van der Waals surface area (Å²) in [5.74, 6) is 1.25. The largest absolute Gasteiger partial charge is 0.338 e. The number of carbonyl (C=O) groups is 1. The van der Waals surface area contributed by atoms with Crippen LogP contribution in [0.1, 0.15) is 39.0 Å². The van der Waals surface area contributed by atoms with Crippen molar-refractivity contribution in [3.05, 3.63) is 0 Å². The second-order valence-corrected chi connectivity index (χ2v) is 5.08. The Bertz CT molecular complexity index is 242. The van der Waals surface area contributed by atoms with Crippen LogP contribution in [0.5, 0.6) is 0 Å². The van der Waals surface area contributed by atoms with Crippen molar-refractivity contribution in [2.24, 2.45) is 17.6 Å². The number of nitrogens with zero attached hydrogens (tertiary/aromatic N) is 1. The lowest BCUT2D eigenvalue weighted by Gasteiger charge is -2.28. The van der Waals surface area contributed by atoms with Crippen molar-refractivity contribution in [1.29, 1.82) is 0 Å². The van der Waals surface area contributed by atoms with Gasteiger partial charge in [-0.3, -0.25) is 4.79 Å². The molecule has 2 fully saturated rings. The van der Waals surface area contributed by atoms with Crippen molar-refractivity contribution in [3.8, 4) is 0 Å². The zero-order chi connectivity index (χ0) is 10.8. The summed E-state index contributed by atoms with van der Waals surface area (Å²) in [6.45, 7) is 3.78. The van der Waals surface area contributed by atoms with E-state index in [2.05, 4.69) is 6.92 Å². The van der Waals surface area contributed by atoms with Gasteiger partial charge in [-0.2, -0.15) is 0 Å². The molecule has 1 heterocycles. The summed E-state index contributed by atoms with van der Waals surface area (Å²) in [7, 11) is 0. The molecule has 0 radical (unpaired) electrons. The fourth-order valence-electron chi connectivity index (χ4n) is 3.10. The van der Waals surface area contributed by atoms with Crippen LogP contribution in [-0.2, 0) is 4.79 Å². The lowest BCUT2D eigenvalue weighted by molar-refractivity contribution is -0.137. The average Bonchev–Trinajstić information content (AvgIpc) is 2.84. The van der Waals surface area contributed by atoms with Gasteiger partial charge in [-0.15, -0.1) is 0 Å². The Labute approximate surface area is 92.0 Å². The van der Waals surface area contributed by atoms with E-state index in [1.54, 1.807) is 0 Å². The van der Waals surface area contributed by atoms with Gasteiger partial charge in [-0.1, -0.05) is 13.3 Å². The first-order valence-corrected chi connectivity index (χ1v) is 6.24. The third-order valence-corrected chi connectivity index (χ3v) is 4.11. The number of hydrogen-bond acceptors (Lipinski definition) is 2. The summed E-state index contributed by atoms with van der Waals surface area (Å²) >= 11 is 0. The molecule has 2 rings (SSSR count). The van der Waals surface area contributed by atoms with Crippen LogP contribution in [0.15, 0.2) is 0 Å². The van der Waals surface area contributed by atoms with Crippen LogP contribution in [-0.4, -0.2) is 29.9 Å². The molecule has 15 heavy (non-hydrogen) atoms. The molecule has 1 saturated heterocycles. The van der Waals surface area contributed by atoms with Crippen LogP contribution in [0, 0.1) is 11.8 Å². The molecule has 3 heteroatoms. The van der Waals surface area contributed by atoms with Crippen LogP contribution >= 0.6 is 0 Å². The second kappa shape index (κ2) is 4.52. The molecule has 3 nitrogen and oxygen atoms in total. The molecule has 0 aromatic heterocycles. The van der Waals surface area contributed by atoms with E-state index >= 15 is 0 Å². The van der Waals surface area contributed by atoms with Gasteiger partial charge in [0, 0.05) is 25.0 Å². The van der Waals surface area contributed by atoms with Crippen LogP contribution in [0.4, 0.5) is 0 Å². The molecule has 0 spiro atoms. The summed E-state index contributed by atoms with van der Waals surface area (Å²) in [6, 6.07) is 0.324. The minimum atomic E-state index is 0.289. The van der Waals surface area contributed by atoms with Gasteiger partial charge < -0.3 is 10.6 Å². The molecule has 86 valence electrons. The smallest absolute Gasteiger partial charge is 0.226 e. The third-order valence-electron chi connectivity index (χ3n) is 4.11. The molecular weight excluding hydrogens is 188 g/mol. The zero-order valence-corrected chi connectivity index (χ0v) is 9.61. The summed E-state index contributed by atoms with van der Waals surface area (Å²) in [4.78, 5) is 14.3. The summed E-state index contributed by atoms with van der Waals surface area (Å²) in [5.41, 5.74) is 5.70. The Hall–Kier alpha value is -0.570. The standard InChI is InChI=1S/C12H22N2O/c1-9-4-2-6-11(9)12(15)14-7-3-5-10(14)8-13/h9-11H,2-8,13H2,1H3. The Kier molecular flexibility index (Phi) is 3.29. The SMILES string of the molecule is CC1CCCC1C(=O)N1CCCC1CN. The van der Waals surface area contributed by atoms with E-state index in [-0.39, 0.29) is 5.92 Å². The molecule has 1 saturated carbocycles. The molecule has 1 amide bonds. The normalized spacial score (nSPS) is 36.1. The van der Waals surface area contributed by atoms with Crippen LogP contribution < -0.4 is 5.73 Å². The van der Waals surface area contributed by atoms with Gasteiger partial charge in [-0.25, -0.2) is 0 Å². The van der Waals surface area contributed by atoms with Gasteiger partial charge in [0.05, 0.1) is 0 Å². The van der Waals surface area contributed by atoms with Gasteiger partial charge in [0.15, 0.2) is 0 Å². The maximum atomic E-state index is 12.3. The minimum Gasteiger partial charge on any atom is -0.338 e. The lowest BCUT2D eigenvalue weighted by Crippen LogP contribution is -2.43.